The van der Waals surface area contributed by atoms with Crippen molar-refractivity contribution in [2.24, 2.45) is 5.92 Å². The molecule has 1 unspecified atom stereocenters. The van der Waals surface area contributed by atoms with Gasteiger partial charge >= 0.3 is 0 Å². The Morgan fingerprint density at radius 2 is 1.44 bits per heavy atom. The molecule has 3 amide bonds. The highest BCUT2D eigenvalue weighted by Crippen LogP contribution is 2.25. The van der Waals surface area contributed by atoms with Crippen LogP contribution in [0.2, 0.25) is 0 Å². The van der Waals surface area contributed by atoms with Crippen molar-refractivity contribution in [3.05, 3.63) is 71.5 Å². The summed E-state index contributed by atoms with van der Waals surface area (Å²) in [5.74, 6) is -0.938. The highest BCUT2D eigenvalue weighted by Gasteiger charge is 2.37. The summed E-state index contributed by atoms with van der Waals surface area (Å²) in [4.78, 5) is 42.5. The average molecular weight is 438 g/mol. The van der Waals surface area contributed by atoms with Gasteiger partial charge in [0.15, 0.2) is 0 Å². The van der Waals surface area contributed by atoms with Crippen molar-refractivity contribution in [2.45, 2.75) is 31.7 Å². The Bertz CT molecular complexity index is 950. The van der Waals surface area contributed by atoms with E-state index in [0.717, 1.165) is 12.8 Å². The summed E-state index contributed by atoms with van der Waals surface area (Å²) in [7, 11) is 0. The van der Waals surface area contributed by atoms with Gasteiger partial charge in [-0.1, -0.05) is 18.2 Å². The number of nitrogens with zero attached hydrogens (tertiary/aromatic N) is 2. The van der Waals surface area contributed by atoms with E-state index in [1.54, 1.807) is 12.1 Å². The van der Waals surface area contributed by atoms with Gasteiger partial charge in [-0.15, -0.1) is 0 Å². The smallest absolute Gasteiger partial charge is 0.253 e. The number of hydrogen-bond acceptors (Lipinski definition) is 3. The predicted octanol–water partition coefficient (Wildman–Crippen LogP) is 3.10. The highest BCUT2D eigenvalue weighted by atomic mass is 19.1. The summed E-state index contributed by atoms with van der Waals surface area (Å²) in [5, 5.41) is 2.92. The number of amides is 3. The Balaban J connectivity index is 1.45. The lowest BCUT2D eigenvalue weighted by Crippen LogP contribution is -2.54. The molecule has 2 aromatic rings. The monoisotopic (exact) mass is 437 g/mol. The van der Waals surface area contributed by atoms with Crippen molar-refractivity contribution in [3.63, 3.8) is 0 Å². The van der Waals surface area contributed by atoms with Gasteiger partial charge in [0.05, 0.1) is 0 Å². The van der Waals surface area contributed by atoms with Gasteiger partial charge in [-0.25, -0.2) is 4.39 Å². The molecular weight excluding hydrogens is 409 g/mol. The summed E-state index contributed by atoms with van der Waals surface area (Å²) in [6, 6.07) is 13.8. The van der Waals surface area contributed by atoms with E-state index in [4.69, 9.17) is 0 Å². The fraction of sp³-hybridized carbons (Fsp3) is 0.400. The number of benzene rings is 2. The molecule has 1 atom stereocenters. The van der Waals surface area contributed by atoms with Crippen LogP contribution >= 0.6 is 0 Å². The first-order chi connectivity index (χ1) is 15.5. The number of carbonyl (C=O) groups is 3. The number of carbonyl (C=O) groups excluding carboxylic acids is 3. The summed E-state index contributed by atoms with van der Waals surface area (Å²) >= 11 is 0. The standard InChI is InChI=1S/C25H28FN3O3/c26-21-10-8-19(9-11-21)23(30)27-22(25(32)28-14-4-5-15-28)18-12-16-29(17-13-18)24(31)20-6-2-1-3-7-20/h1-3,6-11,18,22H,4-5,12-17H2,(H,27,30). The second kappa shape index (κ2) is 9.94. The molecule has 2 fully saturated rings. The fourth-order valence-corrected chi connectivity index (χ4v) is 4.54. The quantitative estimate of drug-likeness (QED) is 0.782. The first-order valence-corrected chi connectivity index (χ1v) is 11.2. The summed E-state index contributed by atoms with van der Waals surface area (Å²) in [6.45, 7) is 2.48. The molecule has 0 aliphatic carbocycles. The third-order valence-corrected chi connectivity index (χ3v) is 6.40. The van der Waals surface area contributed by atoms with Crippen LogP contribution in [0.4, 0.5) is 4.39 Å². The molecule has 32 heavy (non-hydrogen) atoms. The Labute approximate surface area is 187 Å². The molecule has 6 nitrogen and oxygen atoms in total. The molecule has 0 spiro atoms. The number of rotatable bonds is 5. The van der Waals surface area contributed by atoms with Crippen LogP contribution in [-0.2, 0) is 4.79 Å². The van der Waals surface area contributed by atoms with Crippen molar-refractivity contribution in [1.29, 1.82) is 0 Å². The lowest BCUT2D eigenvalue weighted by molar-refractivity contribution is -0.134. The molecule has 1 N–H and O–H groups in total. The number of likely N-dealkylation sites (tertiary alicyclic amines) is 2. The molecule has 0 aromatic heterocycles. The van der Waals surface area contributed by atoms with Crippen LogP contribution in [0.5, 0.6) is 0 Å². The zero-order valence-corrected chi connectivity index (χ0v) is 18.0. The predicted molar refractivity (Wildman–Crippen MR) is 119 cm³/mol. The van der Waals surface area contributed by atoms with E-state index in [2.05, 4.69) is 5.32 Å². The Morgan fingerprint density at radius 1 is 0.812 bits per heavy atom. The molecule has 0 radical (unpaired) electrons. The Hall–Kier alpha value is -3.22. The van der Waals surface area contributed by atoms with Crippen molar-refractivity contribution in [3.8, 4) is 0 Å². The van der Waals surface area contributed by atoms with Gasteiger partial charge in [0.1, 0.15) is 11.9 Å². The molecule has 7 heteroatoms. The van der Waals surface area contributed by atoms with Crippen LogP contribution in [0, 0.1) is 11.7 Å². The Kier molecular flexibility index (Phi) is 6.83. The minimum absolute atomic E-state index is 0.0122. The third-order valence-electron chi connectivity index (χ3n) is 6.40. The van der Waals surface area contributed by atoms with Gasteiger partial charge in [0.25, 0.3) is 11.8 Å². The second-order valence-corrected chi connectivity index (χ2v) is 8.49. The van der Waals surface area contributed by atoms with Crippen molar-refractivity contribution < 1.29 is 18.8 Å². The number of hydrogen-bond donors (Lipinski definition) is 1. The van der Waals surface area contributed by atoms with E-state index in [9.17, 15) is 18.8 Å². The number of halogens is 1. The minimum Gasteiger partial charge on any atom is -0.341 e. The maximum absolute atomic E-state index is 13.3. The van der Waals surface area contributed by atoms with Crippen LogP contribution in [0.15, 0.2) is 54.6 Å². The van der Waals surface area contributed by atoms with Crippen LogP contribution < -0.4 is 5.32 Å². The summed E-state index contributed by atoms with van der Waals surface area (Å²) in [5.41, 5.74) is 0.975. The molecule has 2 aliphatic rings. The van der Waals surface area contributed by atoms with E-state index < -0.39 is 11.9 Å². The molecular formula is C25H28FN3O3. The maximum Gasteiger partial charge on any atom is 0.253 e. The van der Waals surface area contributed by atoms with Crippen molar-refractivity contribution in [1.82, 2.24) is 15.1 Å². The van der Waals surface area contributed by atoms with Crippen LogP contribution in [0.1, 0.15) is 46.4 Å². The van der Waals surface area contributed by atoms with E-state index in [-0.39, 0.29) is 23.6 Å². The Morgan fingerprint density at radius 3 is 2.06 bits per heavy atom. The molecule has 2 saturated heterocycles. The summed E-state index contributed by atoms with van der Waals surface area (Å²) < 4.78 is 13.2. The molecule has 2 aliphatic heterocycles. The maximum atomic E-state index is 13.3. The number of piperidine rings is 1. The van der Waals surface area contributed by atoms with Gasteiger partial charge in [0.2, 0.25) is 5.91 Å². The molecule has 4 rings (SSSR count). The third kappa shape index (κ3) is 4.98. The SMILES string of the molecule is O=C(NC(C(=O)N1CCCC1)C1CCN(C(=O)c2ccccc2)CC1)c1ccc(F)cc1. The van der Waals surface area contributed by atoms with Gasteiger partial charge in [-0.3, -0.25) is 14.4 Å². The van der Waals surface area contributed by atoms with E-state index >= 15 is 0 Å². The van der Waals surface area contributed by atoms with Gasteiger partial charge in [-0.2, -0.15) is 0 Å². The highest BCUT2D eigenvalue weighted by molar-refractivity contribution is 5.97. The molecule has 2 heterocycles. The van der Waals surface area contributed by atoms with E-state index in [1.165, 1.54) is 24.3 Å². The zero-order chi connectivity index (χ0) is 22.5. The number of nitrogens with one attached hydrogen (secondary N) is 1. The van der Waals surface area contributed by atoms with Gasteiger partial charge in [0, 0.05) is 37.3 Å². The summed E-state index contributed by atoms with van der Waals surface area (Å²) in [6.07, 6.45) is 3.20. The topological polar surface area (TPSA) is 69.7 Å². The first kappa shape index (κ1) is 22.0. The molecule has 2 aromatic carbocycles. The van der Waals surface area contributed by atoms with Crippen molar-refractivity contribution >= 4 is 17.7 Å². The average Bonchev–Trinajstić information content (AvgIpc) is 3.38. The largest absolute Gasteiger partial charge is 0.341 e. The van der Waals surface area contributed by atoms with Crippen LogP contribution in [0.3, 0.4) is 0 Å². The minimum atomic E-state index is -0.653. The molecule has 168 valence electrons. The van der Waals surface area contributed by atoms with Gasteiger partial charge in [-0.05, 0) is 68.0 Å². The lowest BCUT2D eigenvalue weighted by Gasteiger charge is -2.37. The van der Waals surface area contributed by atoms with Crippen LogP contribution in [0.25, 0.3) is 0 Å². The first-order valence-electron chi connectivity index (χ1n) is 11.2. The van der Waals surface area contributed by atoms with E-state index in [1.807, 2.05) is 28.0 Å². The fourth-order valence-electron chi connectivity index (χ4n) is 4.54. The normalized spacial score (nSPS) is 17.8. The molecule has 0 bridgehead atoms. The zero-order valence-electron chi connectivity index (χ0n) is 18.0. The molecule has 0 saturated carbocycles. The van der Waals surface area contributed by atoms with Gasteiger partial charge < -0.3 is 15.1 Å². The lowest BCUT2D eigenvalue weighted by atomic mass is 9.88. The van der Waals surface area contributed by atoms with Crippen LogP contribution in [-0.4, -0.2) is 59.7 Å². The van der Waals surface area contributed by atoms with E-state index in [0.29, 0.717) is 50.1 Å². The van der Waals surface area contributed by atoms with Crippen molar-refractivity contribution in [2.75, 3.05) is 26.2 Å². The second-order valence-electron chi connectivity index (χ2n) is 8.49.